The lowest BCUT2D eigenvalue weighted by molar-refractivity contribution is 0.0954. The summed E-state index contributed by atoms with van der Waals surface area (Å²) >= 11 is 6.31. The Morgan fingerprint density at radius 3 is 2.65 bits per heavy atom. The third-order valence-electron chi connectivity index (χ3n) is 4.57. The fraction of sp³-hybridized carbons (Fsp3) is 0. The molecule has 0 amide bonds. The van der Waals surface area contributed by atoms with E-state index >= 15 is 0 Å². The van der Waals surface area contributed by atoms with Crippen LogP contribution in [0.4, 0.5) is 0 Å². The van der Waals surface area contributed by atoms with Crippen molar-refractivity contribution in [1.29, 1.82) is 0 Å². The van der Waals surface area contributed by atoms with E-state index in [0.717, 1.165) is 10.9 Å². The van der Waals surface area contributed by atoms with E-state index in [0.29, 0.717) is 27.2 Å². The number of aromatic nitrogens is 3. The molecule has 0 radical (unpaired) electrons. The number of carbonyl (C=O) groups excluding carboxylic acids is 2. The van der Waals surface area contributed by atoms with Crippen LogP contribution in [0, 0.1) is 0 Å². The van der Waals surface area contributed by atoms with Crippen LogP contribution in [-0.2, 0) is 0 Å². The van der Waals surface area contributed by atoms with Crippen molar-refractivity contribution in [2.24, 2.45) is 0 Å². The molecule has 0 saturated carbocycles. The minimum Gasteiger partial charge on any atom is -0.289 e. The van der Waals surface area contributed by atoms with Crippen molar-refractivity contribution in [2.75, 3.05) is 0 Å². The number of benzene rings is 2. The molecule has 1 aliphatic rings. The van der Waals surface area contributed by atoms with Crippen LogP contribution in [0.15, 0.2) is 61.2 Å². The second-order valence-electron chi connectivity index (χ2n) is 6.02. The molecule has 5 rings (SSSR count). The third kappa shape index (κ3) is 1.98. The lowest BCUT2D eigenvalue weighted by atomic mass is 9.84. The zero-order valence-corrected chi connectivity index (χ0v) is 14.1. The Balaban J connectivity index is 1.87. The van der Waals surface area contributed by atoms with E-state index in [1.54, 1.807) is 42.6 Å². The largest absolute Gasteiger partial charge is 0.289 e. The molecule has 1 aliphatic carbocycles. The average Bonchev–Trinajstić information content (AvgIpc) is 3.19. The number of carbonyl (C=O) groups is 2. The van der Waals surface area contributed by atoms with Crippen molar-refractivity contribution in [1.82, 2.24) is 14.5 Å². The van der Waals surface area contributed by atoms with Crippen LogP contribution in [0.3, 0.4) is 0 Å². The summed E-state index contributed by atoms with van der Waals surface area (Å²) in [5.41, 5.74) is 3.39. The molecular formula is C20H10ClN3O2. The normalized spacial score (nSPS) is 12.3. The van der Waals surface area contributed by atoms with E-state index in [1.807, 2.05) is 6.07 Å². The topological polar surface area (TPSA) is 64.8 Å². The Kier molecular flexibility index (Phi) is 3.08. The van der Waals surface area contributed by atoms with Crippen LogP contribution in [0.1, 0.15) is 26.4 Å². The Morgan fingerprint density at radius 2 is 1.85 bits per heavy atom. The first-order valence-corrected chi connectivity index (χ1v) is 8.33. The first-order valence-electron chi connectivity index (χ1n) is 7.95. The number of halogens is 1. The van der Waals surface area contributed by atoms with Crippen molar-refractivity contribution in [3.05, 3.63) is 83.0 Å². The van der Waals surface area contributed by atoms with Crippen molar-refractivity contribution in [3.63, 3.8) is 0 Å². The molecule has 0 N–H and O–H groups in total. The van der Waals surface area contributed by atoms with Gasteiger partial charge in [0.15, 0.2) is 5.78 Å². The van der Waals surface area contributed by atoms with Crippen LogP contribution in [0.2, 0.25) is 5.02 Å². The molecule has 2 heterocycles. The maximum absolute atomic E-state index is 12.9. The summed E-state index contributed by atoms with van der Waals surface area (Å²) in [7, 11) is 0. The quantitative estimate of drug-likeness (QED) is 0.454. The average molecular weight is 360 g/mol. The number of nitrogens with zero attached hydrogens (tertiary/aromatic N) is 3. The summed E-state index contributed by atoms with van der Waals surface area (Å²) in [5, 5.41) is 1.14. The minimum atomic E-state index is -0.286. The third-order valence-corrected chi connectivity index (χ3v) is 4.88. The van der Waals surface area contributed by atoms with Gasteiger partial charge in [-0.1, -0.05) is 35.9 Å². The monoisotopic (exact) mass is 359 g/mol. The molecule has 4 aromatic rings. The molecule has 0 spiro atoms. The van der Waals surface area contributed by atoms with E-state index in [9.17, 15) is 9.59 Å². The molecule has 0 fully saturated rings. The van der Waals surface area contributed by atoms with Crippen molar-refractivity contribution >= 4 is 34.2 Å². The SMILES string of the molecule is O=C1c2c(Cl)cccc2-c2cc(C(=O)n3ccnc3)nc3cccc1c23. The van der Waals surface area contributed by atoms with Crippen molar-refractivity contribution < 1.29 is 9.59 Å². The van der Waals surface area contributed by atoms with Gasteiger partial charge in [0, 0.05) is 28.9 Å². The summed E-state index contributed by atoms with van der Waals surface area (Å²) in [6, 6.07) is 12.4. The summed E-state index contributed by atoms with van der Waals surface area (Å²) in [6.45, 7) is 0. The first-order chi connectivity index (χ1) is 12.6. The lowest BCUT2D eigenvalue weighted by Crippen LogP contribution is -2.15. The number of pyridine rings is 1. The van der Waals surface area contributed by atoms with E-state index in [4.69, 9.17) is 11.6 Å². The van der Waals surface area contributed by atoms with Gasteiger partial charge in [-0.15, -0.1) is 0 Å². The molecule has 0 bridgehead atoms. The Bertz CT molecular complexity index is 1230. The Labute approximate surface area is 152 Å². The van der Waals surface area contributed by atoms with Crippen molar-refractivity contribution in [2.45, 2.75) is 0 Å². The fourth-order valence-corrected chi connectivity index (χ4v) is 3.68. The van der Waals surface area contributed by atoms with Gasteiger partial charge < -0.3 is 0 Å². The van der Waals surface area contributed by atoms with E-state index < -0.39 is 0 Å². The number of hydrogen-bond acceptors (Lipinski definition) is 4. The van der Waals surface area contributed by atoms with E-state index in [1.165, 1.54) is 17.1 Å². The minimum absolute atomic E-state index is 0.126. The Hall–Kier alpha value is -3.31. The smallest absolute Gasteiger partial charge is 0.281 e. The highest BCUT2D eigenvalue weighted by molar-refractivity contribution is 6.38. The number of hydrogen-bond donors (Lipinski definition) is 0. The standard InChI is InChI=1S/C20H10ClN3O2/c21-14-5-1-3-11-13-9-16(20(26)24-8-7-22-10-24)23-15-6-2-4-12(17(13)15)19(25)18(11)14/h1-10H. The summed E-state index contributed by atoms with van der Waals surface area (Å²) in [4.78, 5) is 34.1. The zero-order valence-electron chi connectivity index (χ0n) is 13.3. The predicted octanol–water partition coefficient (Wildman–Crippen LogP) is 3.98. The molecule has 2 aromatic heterocycles. The summed E-state index contributed by atoms with van der Waals surface area (Å²) in [6.07, 6.45) is 4.55. The van der Waals surface area contributed by atoms with Gasteiger partial charge in [-0.2, -0.15) is 0 Å². The van der Waals surface area contributed by atoms with Gasteiger partial charge in [-0.05, 0) is 29.3 Å². The van der Waals surface area contributed by atoms with Gasteiger partial charge in [0.05, 0.1) is 10.5 Å². The van der Waals surface area contributed by atoms with Crippen LogP contribution in [-0.4, -0.2) is 26.2 Å². The number of imidazole rings is 1. The van der Waals surface area contributed by atoms with Gasteiger partial charge in [0.2, 0.25) is 0 Å². The fourth-order valence-electron chi connectivity index (χ4n) is 3.42. The molecule has 6 heteroatoms. The van der Waals surface area contributed by atoms with E-state index in [2.05, 4.69) is 9.97 Å². The van der Waals surface area contributed by atoms with Crippen LogP contribution < -0.4 is 0 Å². The molecule has 0 aliphatic heterocycles. The highest BCUT2D eigenvalue weighted by Gasteiger charge is 2.28. The van der Waals surface area contributed by atoms with Crippen LogP contribution in [0.5, 0.6) is 0 Å². The number of fused-ring (bicyclic) bond motifs is 2. The molecule has 2 aromatic carbocycles. The van der Waals surface area contributed by atoms with Gasteiger partial charge in [-0.3, -0.25) is 14.2 Å². The Morgan fingerprint density at radius 1 is 1.04 bits per heavy atom. The molecule has 0 unspecified atom stereocenters. The summed E-state index contributed by atoms with van der Waals surface area (Å²) < 4.78 is 1.37. The second kappa shape index (κ2) is 5.34. The number of rotatable bonds is 1. The van der Waals surface area contributed by atoms with Crippen LogP contribution in [0.25, 0.3) is 22.0 Å². The molecular weight excluding hydrogens is 350 g/mol. The van der Waals surface area contributed by atoms with Crippen molar-refractivity contribution in [3.8, 4) is 11.1 Å². The zero-order chi connectivity index (χ0) is 17.8. The molecule has 124 valence electrons. The van der Waals surface area contributed by atoms with Gasteiger partial charge >= 0.3 is 0 Å². The van der Waals surface area contributed by atoms with Crippen LogP contribution >= 0.6 is 11.6 Å². The first kappa shape index (κ1) is 15.0. The molecule has 0 atom stereocenters. The van der Waals surface area contributed by atoms with E-state index in [-0.39, 0.29) is 17.4 Å². The molecule has 5 nitrogen and oxygen atoms in total. The highest BCUT2D eigenvalue weighted by atomic mass is 35.5. The highest BCUT2D eigenvalue weighted by Crippen LogP contribution is 2.41. The maximum Gasteiger partial charge on any atom is 0.281 e. The molecule has 26 heavy (non-hydrogen) atoms. The molecule has 0 saturated heterocycles. The van der Waals surface area contributed by atoms with Gasteiger partial charge in [-0.25, -0.2) is 9.97 Å². The second-order valence-corrected chi connectivity index (χ2v) is 6.43. The number of ketones is 1. The van der Waals surface area contributed by atoms with Gasteiger partial charge in [0.1, 0.15) is 12.0 Å². The predicted molar refractivity (Wildman–Crippen MR) is 97.6 cm³/mol. The maximum atomic E-state index is 12.9. The summed E-state index contributed by atoms with van der Waals surface area (Å²) in [5.74, 6) is -0.411. The van der Waals surface area contributed by atoms with Gasteiger partial charge in [0.25, 0.3) is 5.91 Å². The lowest BCUT2D eigenvalue weighted by Gasteiger charge is -2.21.